The van der Waals surface area contributed by atoms with E-state index in [1.165, 1.54) is 6.08 Å². The second-order valence-electron chi connectivity index (χ2n) is 4.84. The van der Waals surface area contributed by atoms with Crippen molar-refractivity contribution in [3.63, 3.8) is 0 Å². The van der Waals surface area contributed by atoms with Crippen LogP contribution in [-0.2, 0) is 14.3 Å². The van der Waals surface area contributed by atoms with Gasteiger partial charge in [0.05, 0.1) is 0 Å². The zero-order valence-electron chi connectivity index (χ0n) is 12.2. The van der Waals surface area contributed by atoms with Crippen LogP contribution in [0.4, 0.5) is 4.79 Å². The molecular weight excluding hydrogens is 352 g/mol. The number of urea groups is 1. The zero-order chi connectivity index (χ0) is 16.7. The highest BCUT2D eigenvalue weighted by molar-refractivity contribution is 9.10. The molecule has 1 atom stereocenters. The molecule has 0 radical (unpaired) electrons. The number of hydrogen-bond acceptors (Lipinski definition) is 4. The topological polar surface area (TPSA) is 98.5 Å². The van der Waals surface area contributed by atoms with Crippen molar-refractivity contribution < 1.29 is 19.1 Å². The Morgan fingerprint density at radius 1 is 1.23 bits per heavy atom. The largest absolute Gasteiger partial charge is 0.449 e. The summed E-state index contributed by atoms with van der Waals surface area (Å²) >= 11 is 3.31. The van der Waals surface area contributed by atoms with Crippen LogP contribution >= 0.6 is 15.9 Å². The van der Waals surface area contributed by atoms with Gasteiger partial charge in [0.1, 0.15) is 0 Å². The SMILES string of the molecule is CC(C)[C@H](OC(=O)/C=C/c1ccc(Br)cc1)C(=O)NC(N)=O. The van der Waals surface area contributed by atoms with E-state index in [9.17, 15) is 14.4 Å². The van der Waals surface area contributed by atoms with E-state index in [-0.39, 0.29) is 5.92 Å². The molecule has 0 aliphatic rings. The number of nitrogens with two attached hydrogens (primary N) is 1. The zero-order valence-corrected chi connectivity index (χ0v) is 13.8. The second-order valence-corrected chi connectivity index (χ2v) is 5.76. The van der Waals surface area contributed by atoms with Crippen LogP contribution in [0.15, 0.2) is 34.8 Å². The number of halogens is 1. The monoisotopic (exact) mass is 368 g/mol. The number of primary amides is 1. The van der Waals surface area contributed by atoms with Crippen molar-refractivity contribution in [3.8, 4) is 0 Å². The molecule has 0 saturated carbocycles. The van der Waals surface area contributed by atoms with E-state index in [2.05, 4.69) is 15.9 Å². The van der Waals surface area contributed by atoms with Gasteiger partial charge >= 0.3 is 12.0 Å². The van der Waals surface area contributed by atoms with Gasteiger partial charge in [-0.15, -0.1) is 0 Å². The highest BCUT2D eigenvalue weighted by Crippen LogP contribution is 2.12. The quantitative estimate of drug-likeness (QED) is 0.614. The summed E-state index contributed by atoms with van der Waals surface area (Å²) in [7, 11) is 0. The fourth-order valence-electron chi connectivity index (χ4n) is 1.59. The summed E-state index contributed by atoms with van der Waals surface area (Å²) in [6, 6.07) is 6.31. The first-order chi connectivity index (χ1) is 10.3. The molecule has 0 fully saturated rings. The molecule has 0 bridgehead atoms. The summed E-state index contributed by atoms with van der Waals surface area (Å²) in [5.74, 6) is -1.72. The standard InChI is InChI=1S/C15H17BrN2O4/c1-9(2)13(14(20)18-15(17)21)22-12(19)8-5-10-3-6-11(16)7-4-10/h3-9,13H,1-2H3,(H3,17,18,20,21)/b8-5+/t13-/m0/s1. The average Bonchev–Trinajstić information content (AvgIpc) is 2.43. The summed E-state index contributed by atoms with van der Waals surface area (Å²) in [4.78, 5) is 34.2. The highest BCUT2D eigenvalue weighted by Gasteiger charge is 2.26. The van der Waals surface area contributed by atoms with Crippen molar-refractivity contribution in [2.45, 2.75) is 20.0 Å². The van der Waals surface area contributed by atoms with E-state index in [1.807, 2.05) is 29.6 Å². The number of ether oxygens (including phenoxy) is 1. The van der Waals surface area contributed by atoms with Gasteiger partial charge in [0.25, 0.3) is 5.91 Å². The molecule has 0 aliphatic heterocycles. The van der Waals surface area contributed by atoms with Crippen LogP contribution in [0.1, 0.15) is 19.4 Å². The van der Waals surface area contributed by atoms with Gasteiger partial charge in [-0.3, -0.25) is 10.1 Å². The van der Waals surface area contributed by atoms with Crippen LogP contribution in [0, 0.1) is 5.92 Å². The Bertz CT molecular complexity index is 582. The average molecular weight is 369 g/mol. The van der Waals surface area contributed by atoms with Gasteiger partial charge in [-0.2, -0.15) is 0 Å². The molecular formula is C15H17BrN2O4. The lowest BCUT2D eigenvalue weighted by atomic mass is 10.1. The number of imide groups is 1. The normalized spacial score (nSPS) is 12.2. The van der Waals surface area contributed by atoms with E-state index in [1.54, 1.807) is 19.9 Å². The van der Waals surface area contributed by atoms with Gasteiger partial charge < -0.3 is 10.5 Å². The number of rotatable bonds is 5. The molecule has 0 unspecified atom stereocenters. The third-order valence-corrected chi connectivity index (χ3v) is 3.16. The van der Waals surface area contributed by atoms with Crippen LogP contribution in [0.3, 0.4) is 0 Å². The molecule has 0 aliphatic carbocycles. The first-order valence-electron chi connectivity index (χ1n) is 6.54. The van der Waals surface area contributed by atoms with Crippen LogP contribution in [0.25, 0.3) is 6.08 Å². The Hall–Kier alpha value is -2.15. The van der Waals surface area contributed by atoms with Crippen molar-refractivity contribution in [3.05, 3.63) is 40.4 Å². The Morgan fingerprint density at radius 2 is 1.82 bits per heavy atom. The number of hydrogen-bond donors (Lipinski definition) is 2. The second kappa shape index (κ2) is 8.33. The third kappa shape index (κ3) is 6.09. The number of carbonyl (C=O) groups excluding carboxylic acids is 3. The molecule has 0 spiro atoms. The van der Waals surface area contributed by atoms with Crippen molar-refractivity contribution in [2.24, 2.45) is 11.7 Å². The van der Waals surface area contributed by atoms with Gasteiger partial charge in [0.2, 0.25) is 0 Å². The minimum Gasteiger partial charge on any atom is -0.449 e. The van der Waals surface area contributed by atoms with Crippen LogP contribution < -0.4 is 11.1 Å². The van der Waals surface area contributed by atoms with Gasteiger partial charge in [0, 0.05) is 10.5 Å². The summed E-state index contributed by atoms with van der Waals surface area (Å²) < 4.78 is 5.99. The lowest BCUT2D eigenvalue weighted by Gasteiger charge is -2.18. The smallest absolute Gasteiger partial charge is 0.331 e. The molecule has 0 saturated heterocycles. The summed E-state index contributed by atoms with van der Waals surface area (Å²) in [5, 5.41) is 1.90. The lowest BCUT2D eigenvalue weighted by Crippen LogP contribution is -2.45. The molecule has 6 nitrogen and oxygen atoms in total. The Morgan fingerprint density at radius 3 is 2.32 bits per heavy atom. The molecule has 22 heavy (non-hydrogen) atoms. The number of amides is 3. The van der Waals surface area contributed by atoms with Crippen molar-refractivity contribution in [1.82, 2.24) is 5.32 Å². The van der Waals surface area contributed by atoms with Crippen LogP contribution in [-0.4, -0.2) is 24.0 Å². The predicted molar refractivity (Wildman–Crippen MR) is 85.6 cm³/mol. The first kappa shape index (κ1) is 17.9. The van der Waals surface area contributed by atoms with Crippen LogP contribution in [0.5, 0.6) is 0 Å². The van der Waals surface area contributed by atoms with E-state index < -0.39 is 24.0 Å². The molecule has 3 N–H and O–H groups in total. The molecule has 0 aromatic heterocycles. The molecule has 3 amide bonds. The number of benzene rings is 1. The fourth-order valence-corrected chi connectivity index (χ4v) is 1.85. The van der Waals surface area contributed by atoms with Gasteiger partial charge in [0.15, 0.2) is 6.10 Å². The molecule has 1 aromatic carbocycles. The maximum atomic E-state index is 11.8. The summed E-state index contributed by atoms with van der Waals surface area (Å²) in [6.07, 6.45) is 1.70. The predicted octanol–water partition coefficient (Wildman–Crippen LogP) is 2.22. The maximum Gasteiger partial charge on any atom is 0.331 e. The van der Waals surface area contributed by atoms with E-state index in [4.69, 9.17) is 10.5 Å². The first-order valence-corrected chi connectivity index (χ1v) is 7.33. The van der Waals surface area contributed by atoms with Gasteiger partial charge in [-0.05, 0) is 29.7 Å². The van der Waals surface area contributed by atoms with Crippen molar-refractivity contribution >= 4 is 39.9 Å². The highest BCUT2D eigenvalue weighted by atomic mass is 79.9. The van der Waals surface area contributed by atoms with Gasteiger partial charge in [-0.1, -0.05) is 41.9 Å². The maximum absolute atomic E-state index is 11.8. The molecule has 118 valence electrons. The molecule has 1 rings (SSSR count). The Labute approximate surface area is 136 Å². The Kier molecular flexibility index (Phi) is 6.78. The van der Waals surface area contributed by atoms with E-state index in [0.717, 1.165) is 10.0 Å². The fraction of sp³-hybridized carbons (Fsp3) is 0.267. The number of nitrogens with one attached hydrogen (secondary N) is 1. The van der Waals surface area contributed by atoms with Crippen molar-refractivity contribution in [1.29, 1.82) is 0 Å². The lowest BCUT2D eigenvalue weighted by molar-refractivity contribution is -0.153. The minimum atomic E-state index is -1.09. The molecule has 1 aromatic rings. The number of carbonyl (C=O) groups is 3. The van der Waals surface area contributed by atoms with Gasteiger partial charge in [-0.25, -0.2) is 9.59 Å². The summed E-state index contributed by atoms with van der Waals surface area (Å²) in [5.41, 5.74) is 5.69. The summed E-state index contributed by atoms with van der Waals surface area (Å²) in [6.45, 7) is 3.38. The molecule has 0 heterocycles. The Balaban J connectivity index is 2.69. The molecule has 7 heteroatoms. The minimum absolute atomic E-state index is 0.301. The van der Waals surface area contributed by atoms with Crippen LogP contribution in [0.2, 0.25) is 0 Å². The van der Waals surface area contributed by atoms with E-state index in [0.29, 0.717) is 0 Å². The van der Waals surface area contributed by atoms with Crippen molar-refractivity contribution in [2.75, 3.05) is 0 Å². The third-order valence-electron chi connectivity index (χ3n) is 2.64. The van der Waals surface area contributed by atoms with E-state index >= 15 is 0 Å². The number of esters is 1.